The molecule has 5 nitrogen and oxygen atoms in total. The van der Waals surface area contributed by atoms with Gasteiger partial charge >= 0.3 is 5.97 Å². The second-order valence-corrected chi connectivity index (χ2v) is 7.86. The Labute approximate surface area is 166 Å². The van der Waals surface area contributed by atoms with Gasteiger partial charge in [-0.3, -0.25) is 9.78 Å². The lowest BCUT2D eigenvalue weighted by atomic mass is 9.90. The van der Waals surface area contributed by atoms with Crippen LogP contribution in [0.4, 0.5) is 0 Å². The van der Waals surface area contributed by atoms with Gasteiger partial charge in [-0.1, -0.05) is 25.1 Å². The van der Waals surface area contributed by atoms with Gasteiger partial charge in [0.25, 0.3) is 5.91 Å². The third kappa shape index (κ3) is 3.62. The van der Waals surface area contributed by atoms with Crippen molar-refractivity contribution >= 4 is 22.8 Å². The molecule has 1 aromatic heterocycles. The maximum Gasteiger partial charge on any atom is 0.339 e. The summed E-state index contributed by atoms with van der Waals surface area (Å²) in [5.41, 5.74) is 3.44. The number of piperidine rings is 1. The number of fused-ring (bicyclic) bond motifs is 2. The van der Waals surface area contributed by atoms with Crippen molar-refractivity contribution in [3.05, 3.63) is 41.1 Å². The van der Waals surface area contributed by atoms with E-state index in [4.69, 9.17) is 9.72 Å². The van der Waals surface area contributed by atoms with Crippen molar-refractivity contribution in [2.45, 2.75) is 64.3 Å². The normalized spacial score (nSPS) is 19.3. The molecule has 1 aliphatic carbocycles. The molecule has 1 atom stereocenters. The maximum absolute atomic E-state index is 13.0. The molecule has 28 heavy (non-hydrogen) atoms. The number of aryl methyl sites for hydroxylation is 1. The van der Waals surface area contributed by atoms with Crippen molar-refractivity contribution in [1.29, 1.82) is 0 Å². The molecule has 148 valence electrons. The van der Waals surface area contributed by atoms with E-state index in [0.29, 0.717) is 5.56 Å². The molecule has 1 amide bonds. The quantitative estimate of drug-likeness (QED) is 0.751. The van der Waals surface area contributed by atoms with Crippen LogP contribution in [0.2, 0.25) is 0 Å². The Kier molecular flexibility index (Phi) is 5.60. The lowest BCUT2D eigenvalue weighted by molar-refractivity contribution is -0.138. The fourth-order valence-electron chi connectivity index (χ4n) is 4.64. The molecule has 1 aliphatic heterocycles. The summed E-state index contributed by atoms with van der Waals surface area (Å²) in [6.45, 7) is 2.70. The minimum Gasteiger partial charge on any atom is -0.452 e. The van der Waals surface area contributed by atoms with Gasteiger partial charge in [0, 0.05) is 23.7 Å². The lowest BCUT2D eigenvalue weighted by Crippen LogP contribution is -2.45. The van der Waals surface area contributed by atoms with Gasteiger partial charge in [0.05, 0.1) is 11.1 Å². The Hall–Kier alpha value is -2.43. The Bertz CT molecular complexity index is 893. The zero-order valence-corrected chi connectivity index (χ0v) is 16.6. The van der Waals surface area contributed by atoms with E-state index in [9.17, 15) is 9.59 Å². The molecule has 1 aromatic carbocycles. The highest BCUT2D eigenvalue weighted by atomic mass is 16.5. The number of para-hydroxylation sites is 1. The Morgan fingerprint density at radius 1 is 1.14 bits per heavy atom. The first kappa shape index (κ1) is 18.9. The highest BCUT2D eigenvalue weighted by Crippen LogP contribution is 2.30. The second kappa shape index (κ2) is 8.29. The summed E-state index contributed by atoms with van der Waals surface area (Å²) in [7, 11) is 0. The molecular weight excluding hydrogens is 352 g/mol. The number of aromatic nitrogens is 1. The van der Waals surface area contributed by atoms with Crippen LogP contribution in [0.15, 0.2) is 24.3 Å². The fourth-order valence-corrected chi connectivity index (χ4v) is 4.64. The van der Waals surface area contributed by atoms with Crippen LogP contribution in [-0.2, 0) is 22.4 Å². The summed E-state index contributed by atoms with van der Waals surface area (Å²) >= 11 is 0. The minimum absolute atomic E-state index is 0.0767. The van der Waals surface area contributed by atoms with Crippen LogP contribution >= 0.6 is 0 Å². The number of nitrogens with zero attached hydrogens (tertiary/aromatic N) is 2. The van der Waals surface area contributed by atoms with Crippen LogP contribution in [0.5, 0.6) is 0 Å². The zero-order chi connectivity index (χ0) is 19.5. The Balaban J connectivity index is 1.56. The number of amides is 1. The first-order valence-electron chi connectivity index (χ1n) is 10.6. The van der Waals surface area contributed by atoms with Crippen molar-refractivity contribution in [2.24, 2.45) is 0 Å². The van der Waals surface area contributed by atoms with E-state index in [1.165, 1.54) is 0 Å². The molecule has 0 unspecified atom stereocenters. The first-order valence-corrected chi connectivity index (χ1v) is 10.6. The van der Waals surface area contributed by atoms with Crippen LogP contribution in [0.3, 0.4) is 0 Å². The number of esters is 1. The van der Waals surface area contributed by atoms with Crippen molar-refractivity contribution in [2.75, 3.05) is 13.2 Å². The molecule has 1 fully saturated rings. The van der Waals surface area contributed by atoms with Gasteiger partial charge in [0.2, 0.25) is 0 Å². The predicted octanol–water partition coefficient (Wildman–Crippen LogP) is 4.06. The minimum atomic E-state index is -0.393. The average Bonchev–Trinajstić information content (AvgIpc) is 2.75. The fraction of sp³-hybridized carbons (Fsp3) is 0.522. The summed E-state index contributed by atoms with van der Waals surface area (Å²) in [4.78, 5) is 32.4. The van der Waals surface area contributed by atoms with E-state index in [0.717, 1.165) is 80.1 Å². The molecular formula is C23H28N2O3. The SMILES string of the molecule is CC[C@@H]1CCCCN1C(=O)COC(=O)c1c2c(nc3ccccc13)CCCC2. The largest absolute Gasteiger partial charge is 0.452 e. The van der Waals surface area contributed by atoms with Crippen molar-refractivity contribution in [1.82, 2.24) is 9.88 Å². The van der Waals surface area contributed by atoms with Gasteiger partial charge < -0.3 is 9.64 Å². The molecule has 0 N–H and O–H groups in total. The van der Waals surface area contributed by atoms with Gasteiger partial charge in [-0.05, 0) is 63.0 Å². The van der Waals surface area contributed by atoms with E-state index in [1.807, 2.05) is 29.2 Å². The monoisotopic (exact) mass is 380 g/mol. The molecule has 1 saturated heterocycles. The summed E-state index contributed by atoms with van der Waals surface area (Å²) in [6.07, 6.45) is 8.06. The molecule has 5 heteroatoms. The van der Waals surface area contributed by atoms with Gasteiger partial charge in [-0.2, -0.15) is 0 Å². The molecule has 4 rings (SSSR count). The van der Waals surface area contributed by atoms with Crippen molar-refractivity contribution in [3.8, 4) is 0 Å². The highest BCUT2D eigenvalue weighted by molar-refractivity contribution is 6.05. The van der Waals surface area contributed by atoms with Gasteiger partial charge in [-0.25, -0.2) is 4.79 Å². The van der Waals surface area contributed by atoms with E-state index in [-0.39, 0.29) is 18.6 Å². The third-order valence-corrected chi connectivity index (χ3v) is 6.12. The molecule has 0 radical (unpaired) electrons. The third-order valence-electron chi connectivity index (χ3n) is 6.12. The zero-order valence-electron chi connectivity index (χ0n) is 16.6. The van der Waals surface area contributed by atoms with Crippen molar-refractivity contribution < 1.29 is 14.3 Å². The highest BCUT2D eigenvalue weighted by Gasteiger charge is 2.28. The molecule has 2 aliphatic rings. The van der Waals surface area contributed by atoms with Crippen LogP contribution in [0, 0.1) is 0 Å². The average molecular weight is 380 g/mol. The predicted molar refractivity (Wildman–Crippen MR) is 108 cm³/mol. The van der Waals surface area contributed by atoms with Gasteiger partial charge in [0.1, 0.15) is 0 Å². The maximum atomic E-state index is 13.0. The number of benzene rings is 1. The van der Waals surface area contributed by atoms with Crippen LogP contribution in [-0.4, -0.2) is 41.0 Å². The van der Waals surface area contributed by atoms with E-state index >= 15 is 0 Å². The molecule has 2 aromatic rings. The molecule has 0 saturated carbocycles. The van der Waals surface area contributed by atoms with Gasteiger partial charge in [-0.15, -0.1) is 0 Å². The number of rotatable bonds is 4. The number of ether oxygens (including phenoxy) is 1. The number of carbonyl (C=O) groups excluding carboxylic acids is 2. The summed E-state index contributed by atoms with van der Waals surface area (Å²) in [5.74, 6) is -0.470. The van der Waals surface area contributed by atoms with E-state index in [2.05, 4.69) is 6.92 Å². The molecule has 0 bridgehead atoms. The number of carbonyl (C=O) groups is 2. The van der Waals surface area contributed by atoms with Crippen LogP contribution < -0.4 is 0 Å². The standard InChI is InChI=1S/C23H28N2O3/c1-2-16-9-7-8-14-25(16)21(26)15-28-23(27)22-17-10-3-5-12-19(17)24-20-13-6-4-11-18(20)22/h3,5,10,12,16H,2,4,6-9,11,13-15H2,1H3/t16-/m1/s1. The second-order valence-electron chi connectivity index (χ2n) is 7.86. The number of likely N-dealkylation sites (tertiary alicyclic amines) is 1. The molecule has 0 spiro atoms. The molecule has 2 heterocycles. The number of pyridine rings is 1. The number of hydrogen-bond donors (Lipinski definition) is 0. The smallest absolute Gasteiger partial charge is 0.339 e. The lowest BCUT2D eigenvalue weighted by Gasteiger charge is -2.35. The first-order chi connectivity index (χ1) is 13.7. The van der Waals surface area contributed by atoms with Crippen LogP contribution in [0.1, 0.15) is 67.1 Å². The topological polar surface area (TPSA) is 59.5 Å². The Morgan fingerprint density at radius 3 is 2.82 bits per heavy atom. The van der Waals surface area contributed by atoms with Crippen LogP contribution in [0.25, 0.3) is 10.9 Å². The van der Waals surface area contributed by atoms with E-state index in [1.54, 1.807) is 0 Å². The van der Waals surface area contributed by atoms with Gasteiger partial charge in [0.15, 0.2) is 6.61 Å². The summed E-state index contributed by atoms with van der Waals surface area (Å²) in [5, 5.41) is 0.824. The Morgan fingerprint density at radius 2 is 1.96 bits per heavy atom. The van der Waals surface area contributed by atoms with E-state index < -0.39 is 5.97 Å². The number of hydrogen-bond acceptors (Lipinski definition) is 4. The summed E-state index contributed by atoms with van der Waals surface area (Å²) in [6, 6.07) is 7.99. The summed E-state index contributed by atoms with van der Waals surface area (Å²) < 4.78 is 5.55. The van der Waals surface area contributed by atoms with Crippen molar-refractivity contribution in [3.63, 3.8) is 0 Å².